The maximum Gasteiger partial charge on any atom is 0.194 e. The van der Waals surface area contributed by atoms with Crippen LogP contribution in [0.2, 0.25) is 0 Å². The Morgan fingerprint density at radius 1 is 0.767 bits per heavy atom. The van der Waals surface area contributed by atoms with Crippen LogP contribution in [0.25, 0.3) is 0 Å². The fourth-order valence-electron chi connectivity index (χ4n) is 2.80. The lowest BCUT2D eigenvalue weighted by Gasteiger charge is -2.24. The number of phenols is 1. The summed E-state index contributed by atoms with van der Waals surface area (Å²) < 4.78 is 31.0. The Hall–Kier alpha value is -2.60. The Morgan fingerprint density at radius 3 is 1.93 bits per heavy atom. The number of benzene rings is 3. The second-order valence-corrected chi connectivity index (χ2v) is 7.32. The van der Waals surface area contributed by atoms with E-state index in [9.17, 15) is 9.50 Å². The Morgan fingerprint density at radius 2 is 1.33 bits per heavy atom. The number of hydrogen-bond acceptors (Lipinski definition) is 4. The van der Waals surface area contributed by atoms with E-state index >= 15 is 0 Å². The minimum atomic E-state index is -0.761. The van der Waals surface area contributed by atoms with Gasteiger partial charge in [-0.3, -0.25) is 0 Å². The third kappa shape index (κ3) is 6.73. The summed E-state index contributed by atoms with van der Waals surface area (Å²) in [7, 11) is 0. The molecule has 0 heterocycles. The van der Waals surface area contributed by atoms with Crippen molar-refractivity contribution in [3.63, 3.8) is 0 Å². The van der Waals surface area contributed by atoms with Crippen molar-refractivity contribution >= 4 is 11.6 Å². The highest BCUT2D eigenvalue weighted by Gasteiger charge is 2.24. The maximum absolute atomic E-state index is 13.7. The molecule has 0 spiro atoms. The molecule has 1 N–H and O–H groups in total. The van der Waals surface area contributed by atoms with Gasteiger partial charge in [-0.2, -0.15) is 0 Å². The molecule has 0 aromatic heterocycles. The molecule has 3 aromatic carbocycles. The van der Waals surface area contributed by atoms with Gasteiger partial charge in [0.05, 0.1) is 31.8 Å². The molecule has 0 bridgehead atoms. The van der Waals surface area contributed by atoms with Gasteiger partial charge in [0.1, 0.15) is 6.10 Å². The van der Waals surface area contributed by atoms with E-state index in [4.69, 9.17) is 25.8 Å². The van der Waals surface area contributed by atoms with E-state index in [0.29, 0.717) is 13.2 Å². The molecule has 158 valence electrons. The van der Waals surface area contributed by atoms with Crippen LogP contribution in [-0.4, -0.2) is 29.8 Å². The molecule has 0 amide bonds. The first-order valence-corrected chi connectivity index (χ1v) is 10.1. The van der Waals surface area contributed by atoms with Gasteiger partial charge >= 0.3 is 0 Å². The predicted molar refractivity (Wildman–Crippen MR) is 114 cm³/mol. The SMILES string of the molecule is Oc1c(F)cccc1OC(COCc1ccccc1)[C@@H](Cl)COCc1ccccc1. The van der Waals surface area contributed by atoms with Gasteiger partial charge in [-0.15, -0.1) is 11.6 Å². The maximum atomic E-state index is 13.7. The number of alkyl halides is 1. The topological polar surface area (TPSA) is 47.9 Å². The minimum absolute atomic E-state index is 0.0111. The molecule has 0 radical (unpaired) electrons. The highest BCUT2D eigenvalue weighted by Crippen LogP contribution is 2.30. The fraction of sp³-hybridized carbons (Fsp3) is 0.250. The lowest BCUT2D eigenvalue weighted by atomic mass is 10.2. The van der Waals surface area contributed by atoms with Gasteiger partial charge in [0.2, 0.25) is 0 Å². The van der Waals surface area contributed by atoms with Crippen molar-refractivity contribution < 1.29 is 23.7 Å². The van der Waals surface area contributed by atoms with Gasteiger partial charge in [-0.05, 0) is 23.3 Å². The van der Waals surface area contributed by atoms with Gasteiger partial charge in [0.25, 0.3) is 0 Å². The zero-order chi connectivity index (χ0) is 21.2. The number of aromatic hydroxyl groups is 1. The molecule has 6 heteroatoms. The fourth-order valence-corrected chi connectivity index (χ4v) is 3.02. The van der Waals surface area contributed by atoms with Crippen LogP contribution in [0.5, 0.6) is 11.5 Å². The Labute approximate surface area is 180 Å². The zero-order valence-electron chi connectivity index (χ0n) is 16.4. The molecule has 0 aliphatic carbocycles. The van der Waals surface area contributed by atoms with E-state index in [1.54, 1.807) is 0 Å². The first-order valence-electron chi connectivity index (χ1n) is 9.65. The second-order valence-electron chi connectivity index (χ2n) is 6.76. The largest absolute Gasteiger partial charge is 0.502 e. The van der Waals surface area contributed by atoms with Crippen molar-refractivity contribution in [3.05, 3.63) is 95.8 Å². The summed E-state index contributed by atoms with van der Waals surface area (Å²) in [6.07, 6.45) is -0.654. The van der Waals surface area contributed by atoms with Crippen LogP contribution in [0.1, 0.15) is 11.1 Å². The summed E-state index contributed by atoms with van der Waals surface area (Å²) in [5.41, 5.74) is 2.04. The molecule has 0 aliphatic rings. The Bertz CT molecular complexity index is 892. The predicted octanol–water partition coefficient (Wildman–Crippen LogP) is 5.32. The first kappa shape index (κ1) is 22.1. The molecular formula is C24H24ClFO4. The van der Waals surface area contributed by atoms with Crippen molar-refractivity contribution in [3.8, 4) is 11.5 Å². The number of phenolic OH excluding ortho intramolecular Hbond substituents is 1. The van der Waals surface area contributed by atoms with E-state index < -0.39 is 23.0 Å². The first-order chi connectivity index (χ1) is 14.6. The quantitative estimate of drug-likeness (QED) is 0.418. The van der Waals surface area contributed by atoms with Crippen LogP contribution in [0, 0.1) is 5.82 Å². The van der Waals surface area contributed by atoms with E-state index in [0.717, 1.165) is 17.2 Å². The molecule has 0 saturated heterocycles. The van der Waals surface area contributed by atoms with E-state index in [1.165, 1.54) is 12.1 Å². The summed E-state index contributed by atoms with van der Waals surface area (Å²) in [5.74, 6) is -1.31. The van der Waals surface area contributed by atoms with Crippen molar-refractivity contribution in [2.75, 3.05) is 13.2 Å². The van der Waals surface area contributed by atoms with Crippen LogP contribution < -0.4 is 4.74 Å². The van der Waals surface area contributed by atoms with Crippen molar-refractivity contribution in [2.45, 2.75) is 24.7 Å². The number of halogens is 2. The molecule has 30 heavy (non-hydrogen) atoms. The van der Waals surface area contributed by atoms with Gasteiger partial charge in [0, 0.05) is 0 Å². The molecule has 0 aliphatic heterocycles. The Balaban J connectivity index is 1.60. The van der Waals surface area contributed by atoms with Crippen molar-refractivity contribution in [1.29, 1.82) is 0 Å². The lowest BCUT2D eigenvalue weighted by Crippen LogP contribution is -2.35. The number of rotatable bonds is 11. The molecule has 0 saturated carbocycles. The standard InChI is InChI=1S/C24H24ClFO4/c25-20(16-28-14-18-8-3-1-4-9-18)23(17-29-15-19-10-5-2-6-11-19)30-22-13-7-12-21(26)24(22)27/h1-13,20,23,27H,14-17H2/t20-,23?/m0/s1. The highest BCUT2D eigenvalue weighted by molar-refractivity contribution is 6.21. The summed E-state index contributed by atoms with van der Waals surface area (Å²) in [6, 6.07) is 23.5. The van der Waals surface area contributed by atoms with E-state index in [-0.39, 0.29) is 19.0 Å². The lowest BCUT2D eigenvalue weighted by molar-refractivity contribution is 0.0185. The van der Waals surface area contributed by atoms with Gasteiger partial charge in [0.15, 0.2) is 17.3 Å². The van der Waals surface area contributed by atoms with Crippen molar-refractivity contribution in [1.82, 2.24) is 0 Å². The van der Waals surface area contributed by atoms with Crippen LogP contribution in [0.4, 0.5) is 4.39 Å². The molecule has 4 nitrogen and oxygen atoms in total. The summed E-state index contributed by atoms with van der Waals surface area (Å²) in [6.45, 7) is 1.14. The summed E-state index contributed by atoms with van der Waals surface area (Å²) in [5, 5.41) is 9.36. The second kappa shape index (κ2) is 11.6. The van der Waals surface area contributed by atoms with Gasteiger partial charge in [-0.1, -0.05) is 66.7 Å². The van der Waals surface area contributed by atoms with E-state index in [2.05, 4.69) is 0 Å². The molecule has 2 atom stereocenters. The van der Waals surface area contributed by atoms with Crippen LogP contribution >= 0.6 is 11.6 Å². The molecule has 3 rings (SSSR count). The van der Waals surface area contributed by atoms with Crippen LogP contribution in [0.3, 0.4) is 0 Å². The smallest absolute Gasteiger partial charge is 0.194 e. The van der Waals surface area contributed by atoms with E-state index in [1.807, 2.05) is 60.7 Å². The zero-order valence-corrected chi connectivity index (χ0v) is 17.2. The number of para-hydroxylation sites is 1. The Kier molecular flexibility index (Phi) is 8.51. The number of ether oxygens (including phenoxy) is 3. The average Bonchev–Trinajstić information content (AvgIpc) is 2.77. The third-order valence-corrected chi connectivity index (χ3v) is 4.82. The molecule has 0 fully saturated rings. The van der Waals surface area contributed by atoms with Crippen LogP contribution in [-0.2, 0) is 22.7 Å². The van der Waals surface area contributed by atoms with Gasteiger partial charge in [-0.25, -0.2) is 4.39 Å². The average molecular weight is 431 g/mol. The molecule has 1 unspecified atom stereocenters. The monoisotopic (exact) mass is 430 g/mol. The normalized spacial score (nSPS) is 13.0. The number of hydrogen-bond donors (Lipinski definition) is 1. The third-order valence-electron chi connectivity index (χ3n) is 4.41. The molecule has 3 aromatic rings. The summed E-state index contributed by atoms with van der Waals surface area (Å²) in [4.78, 5) is 0. The highest BCUT2D eigenvalue weighted by atomic mass is 35.5. The van der Waals surface area contributed by atoms with Crippen molar-refractivity contribution in [2.24, 2.45) is 0 Å². The molecular weight excluding hydrogens is 407 g/mol. The van der Waals surface area contributed by atoms with Gasteiger partial charge < -0.3 is 19.3 Å². The minimum Gasteiger partial charge on any atom is -0.502 e. The summed E-state index contributed by atoms with van der Waals surface area (Å²) >= 11 is 6.53. The van der Waals surface area contributed by atoms with Crippen LogP contribution in [0.15, 0.2) is 78.9 Å².